The molecular weight excluding hydrogens is 136 g/mol. The van der Waals surface area contributed by atoms with Gasteiger partial charge >= 0.3 is 0 Å². The topological polar surface area (TPSA) is 34.1 Å². The Bertz CT molecular complexity index is 243. The lowest BCUT2D eigenvalue weighted by Gasteiger charge is -1.83. The highest BCUT2D eigenvalue weighted by atomic mass is 32.2. The van der Waals surface area contributed by atoms with Crippen LogP contribution in [0.5, 0.6) is 0 Å². The van der Waals surface area contributed by atoms with E-state index in [1.54, 1.807) is 12.1 Å². The molecule has 0 heterocycles. The van der Waals surface area contributed by atoms with Crippen molar-refractivity contribution in [3.63, 3.8) is 0 Å². The quantitative estimate of drug-likeness (QED) is 0.576. The van der Waals surface area contributed by atoms with Gasteiger partial charge in [0.15, 0.2) is 10.7 Å². The Kier molecular flexibility index (Phi) is 1.85. The molecule has 1 aromatic carbocycles. The predicted octanol–water partition coefficient (Wildman–Crippen LogP) is 0.457. The molecule has 0 N–H and O–H groups in total. The van der Waals surface area contributed by atoms with Gasteiger partial charge in [-0.15, -0.1) is 0 Å². The Balaban J connectivity index is 3.13. The van der Waals surface area contributed by atoms with Crippen LogP contribution in [0.2, 0.25) is 0 Å². The van der Waals surface area contributed by atoms with E-state index in [2.05, 4.69) is 6.07 Å². The zero-order valence-electron chi connectivity index (χ0n) is 4.57. The van der Waals surface area contributed by atoms with Gasteiger partial charge in [-0.05, 0) is 18.2 Å². The van der Waals surface area contributed by atoms with Gasteiger partial charge in [0.25, 0.3) is 0 Å². The summed E-state index contributed by atoms with van der Waals surface area (Å²) in [6.07, 6.45) is 0. The fourth-order valence-corrected chi connectivity index (χ4v) is 0.885. The first kappa shape index (κ1) is 6.29. The molecular formula is C6H5O2S. The number of thiol groups is 1. The van der Waals surface area contributed by atoms with Crippen molar-refractivity contribution in [1.29, 1.82) is 0 Å². The summed E-state index contributed by atoms with van der Waals surface area (Å²) in [6, 6.07) is 8.92. The maximum absolute atomic E-state index is 10.2. The van der Waals surface area contributed by atoms with E-state index in [9.17, 15) is 8.42 Å². The molecule has 0 bridgehead atoms. The van der Waals surface area contributed by atoms with Crippen LogP contribution in [0, 0.1) is 6.07 Å². The van der Waals surface area contributed by atoms with Crippen molar-refractivity contribution in [1.82, 2.24) is 0 Å². The summed E-state index contributed by atoms with van der Waals surface area (Å²) < 4.78 is 20.4. The largest absolute Gasteiger partial charge is 0.227 e. The SMILES string of the molecule is O=[SH](=O)c1c[c]ccc1. The third kappa shape index (κ3) is 1.54. The van der Waals surface area contributed by atoms with Crippen LogP contribution in [0.25, 0.3) is 0 Å². The summed E-state index contributed by atoms with van der Waals surface area (Å²) in [5.41, 5.74) is 0. The highest BCUT2D eigenvalue weighted by Crippen LogP contribution is 1.96. The fraction of sp³-hybridized carbons (Fsp3) is 0. The Labute approximate surface area is 55.1 Å². The lowest BCUT2D eigenvalue weighted by molar-refractivity contribution is 0.614. The minimum absolute atomic E-state index is 0.313. The summed E-state index contributed by atoms with van der Waals surface area (Å²) in [6.45, 7) is 0. The molecule has 0 fully saturated rings. The molecule has 0 aliphatic carbocycles. The molecule has 0 unspecified atom stereocenters. The van der Waals surface area contributed by atoms with Crippen molar-refractivity contribution < 1.29 is 8.42 Å². The summed E-state index contributed by atoms with van der Waals surface area (Å²) >= 11 is 0. The smallest absolute Gasteiger partial charge is 0.168 e. The van der Waals surface area contributed by atoms with Gasteiger partial charge in [0.1, 0.15) is 0 Å². The second-order valence-electron chi connectivity index (χ2n) is 1.52. The average Bonchev–Trinajstić information content (AvgIpc) is 1.90. The zero-order valence-corrected chi connectivity index (χ0v) is 5.47. The van der Waals surface area contributed by atoms with E-state index in [0.717, 1.165) is 0 Å². The first-order valence-electron chi connectivity index (χ1n) is 2.41. The number of benzene rings is 1. The normalized spacial score (nSPS) is 9.89. The van der Waals surface area contributed by atoms with Crippen LogP contribution in [-0.2, 0) is 10.7 Å². The molecule has 2 nitrogen and oxygen atoms in total. The van der Waals surface area contributed by atoms with Crippen LogP contribution in [0.1, 0.15) is 0 Å². The molecule has 0 aliphatic rings. The molecule has 3 heteroatoms. The van der Waals surface area contributed by atoms with Gasteiger partial charge in [-0.3, -0.25) is 0 Å². The van der Waals surface area contributed by atoms with Crippen LogP contribution >= 0.6 is 0 Å². The second-order valence-corrected chi connectivity index (χ2v) is 2.55. The van der Waals surface area contributed by atoms with Crippen molar-refractivity contribution in [2.75, 3.05) is 0 Å². The van der Waals surface area contributed by atoms with Crippen LogP contribution in [0.3, 0.4) is 0 Å². The maximum Gasteiger partial charge on any atom is 0.168 e. The van der Waals surface area contributed by atoms with E-state index in [1.807, 2.05) is 0 Å². The molecule has 0 aromatic heterocycles. The van der Waals surface area contributed by atoms with Crippen molar-refractivity contribution in [3.05, 3.63) is 30.3 Å². The Morgan fingerprint density at radius 3 is 2.56 bits per heavy atom. The summed E-state index contributed by atoms with van der Waals surface area (Å²) in [4.78, 5) is 0.313. The number of hydrogen-bond acceptors (Lipinski definition) is 2. The highest BCUT2D eigenvalue weighted by Gasteiger charge is 1.87. The predicted molar refractivity (Wildman–Crippen MR) is 33.9 cm³/mol. The molecule has 0 atom stereocenters. The molecule has 0 amide bonds. The minimum Gasteiger partial charge on any atom is -0.227 e. The van der Waals surface area contributed by atoms with Crippen molar-refractivity contribution >= 4 is 10.7 Å². The molecule has 0 spiro atoms. The first-order chi connectivity index (χ1) is 4.30. The molecule has 0 aliphatic heterocycles. The number of hydrogen-bond donors (Lipinski definition) is 1. The highest BCUT2D eigenvalue weighted by molar-refractivity contribution is 7.72. The monoisotopic (exact) mass is 141 g/mol. The zero-order chi connectivity index (χ0) is 6.69. The lowest BCUT2D eigenvalue weighted by Crippen LogP contribution is -1.75. The van der Waals surface area contributed by atoms with Crippen molar-refractivity contribution in [2.45, 2.75) is 4.90 Å². The van der Waals surface area contributed by atoms with Crippen LogP contribution in [0.4, 0.5) is 0 Å². The number of rotatable bonds is 1. The van der Waals surface area contributed by atoms with E-state index >= 15 is 0 Å². The van der Waals surface area contributed by atoms with E-state index in [1.165, 1.54) is 12.1 Å². The third-order valence-electron chi connectivity index (χ3n) is 0.901. The average molecular weight is 141 g/mol. The minimum atomic E-state index is -2.43. The Morgan fingerprint density at radius 1 is 1.44 bits per heavy atom. The first-order valence-corrected chi connectivity index (χ1v) is 3.59. The van der Waals surface area contributed by atoms with Gasteiger partial charge < -0.3 is 0 Å². The molecule has 0 saturated carbocycles. The van der Waals surface area contributed by atoms with Crippen molar-refractivity contribution in [3.8, 4) is 0 Å². The molecule has 1 rings (SSSR count). The second kappa shape index (κ2) is 2.64. The van der Waals surface area contributed by atoms with Gasteiger partial charge in [0.05, 0.1) is 4.90 Å². The molecule has 47 valence electrons. The van der Waals surface area contributed by atoms with Gasteiger partial charge in [0, 0.05) is 0 Å². The van der Waals surface area contributed by atoms with E-state index < -0.39 is 10.7 Å². The van der Waals surface area contributed by atoms with Crippen LogP contribution < -0.4 is 0 Å². The van der Waals surface area contributed by atoms with E-state index in [4.69, 9.17) is 0 Å². The maximum atomic E-state index is 10.2. The Hall–Kier alpha value is -0.830. The molecule has 1 aromatic rings. The van der Waals surface area contributed by atoms with Crippen molar-refractivity contribution in [2.24, 2.45) is 0 Å². The van der Waals surface area contributed by atoms with Gasteiger partial charge in [-0.25, -0.2) is 8.42 Å². The van der Waals surface area contributed by atoms with Gasteiger partial charge in [-0.1, -0.05) is 12.1 Å². The third-order valence-corrected chi connectivity index (χ3v) is 1.60. The fourth-order valence-electron chi connectivity index (χ4n) is 0.497. The van der Waals surface area contributed by atoms with Crippen LogP contribution in [-0.4, -0.2) is 8.42 Å². The lowest BCUT2D eigenvalue weighted by atomic mass is 10.4. The standard InChI is InChI=1S/C6H5O2S/c7-9(8)6-4-2-1-3-5-6/h1-2,4-5,9H. The van der Waals surface area contributed by atoms with E-state index in [-0.39, 0.29) is 0 Å². The summed E-state index contributed by atoms with van der Waals surface area (Å²) in [7, 11) is -2.43. The molecule has 0 saturated heterocycles. The Morgan fingerprint density at radius 2 is 2.22 bits per heavy atom. The molecule has 1 radical (unpaired) electrons. The van der Waals surface area contributed by atoms with Gasteiger partial charge in [-0.2, -0.15) is 0 Å². The summed E-state index contributed by atoms with van der Waals surface area (Å²) in [5.74, 6) is 0. The van der Waals surface area contributed by atoms with Crippen LogP contribution in [0.15, 0.2) is 29.2 Å². The molecule has 9 heavy (non-hydrogen) atoms. The summed E-state index contributed by atoms with van der Waals surface area (Å²) in [5, 5.41) is 0. The van der Waals surface area contributed by atoms with E-state index in [0.29, 0.717) is 4.90 Å². The van der Waals surface area contributed by atoms with Gasteiger partial charge in [0.2, 0.25) is 0 Å².